The lowest BCUT2D eigenvalue weighted by atomic mass is 10.1. The van der Waals surface area contributed by atoms with Crippen LogP contribution in [0.3, 0.4) is 0 Å². The highest BCUT2D eigenvalue weighted by Crippen LogP contribution is 2.25. The number of rotatable bonds is 7. The van der Waals surface area contributed by atoms with Gasteiger partial charge in [-0.2, -0.15) is 0 Å². The molecule has 1 heterocycles. The molecule has 3 rings (SSSR count). The number of hydrogen-bond donors (Lipinski definition) is 2. The maximum Gasteiger partial charge on any atom is 0.257 e. The lowest BCUT2D eigenvalue weighted by Gasteiger charge is -2.06. The van der Waals surface area contributed by atoms with Crippen LogP contribution in [0, 0.1) is 0 Å². The van der Waals surface area contributed by atoms with Crippen molar-refractivity contribution < 1.29 is 13.2 Å². The van der Waals surface area contributed by atoms with Gasteiger partial charge in [0.15, 0.2) is 5.13 Å². The van der Waals surface area contributed by atoms with Crippen LogP contribution in [0.25, 0.3) is 11.3 Å². The van der Waals surface area contributed by atoms with Crippen molar-refractivity contribution in [2.75, 3.05) is 11.9 Å². The molecule has 0 bridgehead atoms. The first-order valence-electron chi connectivity index (χ1n) is 8.89. The van der Waals surface area contributed by atoms with Gasteiger partial charge >= 0.3 is 0 Å². The SMILES string of the molecule is CCNS(=O)(=O)c1ccc(C(=O)Nc2nc(-c3ccc(CC)cc3)cs2)cc1. The Kier molecular flexibility index (Phi) is 6.23. The number of aromatic nitrogens is 1. The number of hydrogen-bond acceptors (Lipinski definition) is 5. The molecule has 28 heavy (non-hydrogen) atoms. The number of nitrogens with one attached hydrogen (secondary N) is 2. The molecule has 0 saturated carbocycles. The van der Waals surface area contributed by atoms with Crippen LogP contribution in [-0.2, 0) is 16.4 Å². The topological polar surface area (TPSA) is 88.2 Å². The summed E-state index contributed by atoms with van der Waals surface area (Å²) in [5.41, 5.74) is 3.41. The standard InChI is InChI=1S/C20H21N3O3S2/c1-3-14-5-7-15(8-6-14)18-13-27-20(22-18)23-19(24)16-9-11-17(12-10-16)28(25,26)21-4-2/h5-13,21H,3-4H2,1-2H3,(H,22,23,24). The van der Waals surface area contributed by atoms with Crippen molar-refractivity contribution in [2.24, 2.45) is 0 Å². The number of nitrogens with zero attached hydrogens (tertiary/aromatic N) is 1. The van der Waals surface area contributed by atoms with Crippen LogP contribution in [-0.4, -0.2) is 25.9 Å². The average Bonchev–Trinajstić information content (AvgIpc) is 3.16. The molecule has 0 radical (unpaired) electrons. The summed E-state index contributed by atoms with van der Waals surface area (Å²) in [5.74, 6) is -0.338. The summed E-state index contributed by atoms with van der Waals surface area (Å²) < 4.78 is 26.3. The van der Waals surface area contributed by atoms with Gasteiger partial charge < -0.3 is 0 Å². The van der Waals surface area contributed by atoms with Crippen molar-refractivity contribution in [3.05, 3.63) is 65.0 Å². The normalized spacial score (nSPS) is 11.4. The third-order valence-corrected chi connectivity index (χ3v) is 6.46. The Morgan fingerprint density at radius 1 is 1.04 bits per heavy atom. The molecule has 0 aliphatic heterocycles. The van der Waals surface area contributed by atoms with E-state index in [1.54, 1.807) is 6.92 Å². The Labute approximate surface area is 168 Å². The Hall–Kier alpha value is -2.55. The molecule has 3 aromatic rings. The molecule has 0 saturated heterocycles. The lowest BCUT2D eigenvalue weighted by molar-refractivity contribution is 0.102. The largest absolute Gasteiger partial charge is 0.298 e. The number of aryl methyl sites for hydroxylation is 1. The summed E-state index contributed by atoms with van der Waals surface area (Å²) in [5, 5.41) is 5.14. The van der Waals surface area contributed by atoms with E-state index in [4.69, 9.17) is 0 Å². The monoisotopic (exact) mass is 415 g/mol. The zero-order valence-corrected chi connectivity index (χ0v) is 17.2. The highest BCUT2D eigenvalue weighted by atomic mass is 32.2. The fourth-order valence-corrected chi connectivity index (χ4v) is 4.36. The number of carbonyl (C=O) groups excluding carboxylic acids is 1. The van der Waals surface area contributed by atoms with Gasteiger partial charge in [-0.05, 0) is 36.2 Å². The highest BCUT2D eigenvalue weighted by molar-refractivity contribution is 7.89. The quantitative estimate of drug-likeness (QED) is 0.612. The molecule has 2 aromatic carbocycles. The fraction of sp³-hybridized carbons (Fsp3) is 0.200. The van der Waals surface area contributed by atoms with Crippen molar-refractivity contribution in [3.63, 3.8) is 0 Å². The van der Waals surface area contributed by atoms with Crippen LogP contribution in [0.1, 0.15) is 29.8 Å². The minimum absolute atomic E-state index is 0.123. The van der Waals surface area contributed by atoms with Gasteiger partial charge in [0.05, 0.1) is 10.6 Å². The van der Waals surface area contributed by atoms with Crippen LogP contribution >= 0.6 is 11.3 Å². The first kappa shape index (κ1) is 20.2. The Morgan fingerprint density at radius 3 is 2.32 bits per heavy atom. The van der Waals surface area contributed by atoms with E-state index in [1.807, 2.05) is 17.5 Å². The van der Waals surface area contributed by atoms with Crippen molar-refractivity contribution in [3.8, 4) is 11.3 Å². The zero-order valence-electron chi connectivity index (χ0n) is 15.6. The number of amides is 1. The molecule has 6 nitrogen and oxygen atoms in total. The number of thiazole rings is 1. The maximum absolute atomic E-state index is 12.4. The summed E-state index contributed by atoms with van der Waals surface area (Å²) in [4.78, 5) is 17.0. The minimum atomic E-state index is -3.54. The molecule has 1 amide bonds. The summed E-state index contributed by atoms with van der Waals surface area (Å²) >= 11 is 1.34. The van der Waals surface area contributed by atoms with E-state index in [1.165, 1.54) is 41.2 Å². The molecule has 146 valence electrons. The van der Waals surface area contributed by atoms with Crippen molar-refractivity contribution >= 4 is 32.4 Å². The van der Waals surface area contributed by atoms with Crippen LogP contribution in [0.15, 0.2) is 58.8 Å². The van der Waals surface area contributed by atoms with Gasteiger partial charge in [-0.3, -0.25) is 10.1 Å². The van der Waals surface area contributed by atoms with Crippen molar-refractivity contribution in [1.29, 1.82) is 0 Å². The Morgan fingerprint density at radius 2 is 1.71 bits per heavy atom. The second-order valence-electron chi connectivity index (χ2n) is 6.07. The Bertz CT molecular complexity index is 1060. The molecule has 2 N–H and O–H groups in total. The van der Waals surface area contributed by atoms with E-state index < -0.39 is 10.0 Å². The molecule has 0 spiro atoms. The van der Waals surface area contributed by atoms with Crippen molar-refractivity contribution in [2.45, 2.75) is 25.2 Å². The predicted molar refractivity (Wildman–Crippen MR) is 112 cm³/mol. The fourth-order valence-electron chi connectivity index (χ4n) is 2.60. The molecule has 0 atom stereocenters. The first-order chi connectivity index (χ1) is 13.4. The van der Waals surface area contributed by atoms with Crippen LogP contribution in [0.4, 0.5) is 5.13 Å². The van der Waals surface area contributed by atoms with E-state index in [0.717, 1.165) is 17.7 Å². The minimum Gasteiger partial charge on any atom is -0.298 e. The van der Waals surface area contributed by atoms with Gasteiger partial charge in [-0.15, -0.1) is 11.3 Å². The van der Waals surface area contributed by atoms with Gasteiger partial charge in [-0.1, -0.05) is 38.1 Å². The third-order valence-electron chi connectivity index (χ3n) is 4.14. The molecule has 1 aromatic heterocycles. The average molecular weight is 416 g/mol. The number of benzene rings is 2. The molecule has 0 fully saturated rings. The predicted octanol–water partition coefficient (Wildman–Crippen LogP) is 3.92. The van der Waals surface area contributed by atoms with Gasteiger partial charge in [0.25, 0.3) is 5.91 Å². The smallest absolute Gasteiger partial charge is 0.257 e. The number of carbonyl (C=O) groups is 1. The van der Waals surface area contributed by atoms with Gasteiger partial charge in [-0.25, -0.2) is 18.1 Å². The second kappa shape index (κ2) is 8.64. The van der Waals surface area contributed by atoms with Gasteiger partial charge in [0.2, 0.25) is 10.0 Å². The molecular formula is C20H21N3O3S2. The van der Waals surface area contributed by atoms with Crippen LogP contribution in [0.2, 0.25) is 0 Å². The summed E-state index contributed by atoms with van der Waals surface area (Å²) in [7, 11) is -3.54. The van der Waals surface area contributed by atoms with Gasteiger partial charge in [0, 0.05) is 23.1 Å². The molecule has 8 heteroatoms. The lowest BCUT2D eigenvalue weighted by Crippen LogP contribution is -2.23. The molecule has 0 unspecified atom stereocenters. The van der Waals surface area contributed by atoms with E-state index in [2.05, 4.69) is 34.1 Å². The van der Waals surface area contributed by atoms with E-state index >= 15 is 0 Å². The summed E-state index contributed by atoms with van der Waals surface area (Å²) in [6.45, 7) is 4.12. The number of sulfonamides is 1. The second-order valence-corrected chi connectivity index (χ2v) is 8.69. The van der Waals surface area contributed by atoms with E-state index in [0.29, 0.717) is 17.2 Å². The molecule has 0 aliphatic rings. The maximum atomic E-state index is 12.4. The summed E-state index contributed by atoms with van der Waals surface area (Å²) in [6, 6.07) is 14.0. The van der Waals surface area contributed by atoms with Crippen LogP contribution < -0.4 is 10.0 Å². The molecular weight excluding hydrogens is 394 g/mol. The molecule has 0 aliphatic carbocycles. The van der Waals surface area contributed by atoms with Gasteiger partial charge in [0.1, 0.15) is 0 Å². The van der Waals surface area contributed by atoms with Crippen molar-refractivity contribution in [1.82, 2.24) is 9.71 Å². The highest BCUT2D eigenvalue weighted by Gasteiger charge is 2.14. The summed E-state index contributed by atoms with van der Waals surface area (Å²) in [6.07, 6.45) is 0.979. The first-order valence-corrected chi connectivity index (χ1v) is 11.2. The van der Waals surface area contributed by atoms with E-state index in [-0.39, 0.29) is 10.8 Å². The van der Waals surface area contributed by atoms with E-state index in [9.17, 15) is 13.2 Å². The zero-order chi connectivity index (χ0) is 20.1. The number of anilines is 1. The third kappa shape index (κ3) is 4.64. The Balaban J connectivity index is 1.70. The van der Waals surface area contributed by atoms with Crippen LogP contribution in [0.5, 0.6) is 0 Å².